The lowest BCUT2D eigenvalue weighted by atomic mass is 10.0. The Bertz CT molecular complexity index is 959. The number of likely N-dealkylation sites (tertiary alicyclic amines) is 1. The van der Waals surface area contributed by atoms with Gasteiger partial charge in [-0.1, -0.05) is 6.07 Å². The number of rotatable bonds is 3. The Morgan fingerprint density at radius 3 is 3.12 bits per heavy atom. The highest BCUT2D eigenvalue weighted by Crippen LogP contribution is 2.24. The first-order valence-electron chi connectivity index (χ1n) is 8.32. The van der Waals surface area contributed by atoms with E-state index < -0.39 is 0 Å². The number of nitrogens with zero attached hydrogens (tertiary/aromatic N) is 5. The predicted octanol–water partition coefficient (Wildman–Crippen LogP) is 1.60. The monoisotopic (exact) mass is 357 g/mol. The summed E-state index contributed by atoms with van der Waals surface area (Å²) in [5.74, 6) is 0.120. The molecule has 1 aliphatic heterocycles. The van der Waals surface area contributed by atoms with Crippen molar-refractivity contribution in [1.82, 2.24) is 24.0 Å². The summed E-state index contributed by atoms with van der Waals surface area (Å²) in [6, 6.07) is 3.89. The normalized spacial score (nSPS) is 18.0. The average Bonchev–Trinajstić information content (AvgIpc) is 3.23. The van der Waals surface area contributed by atoms with Crippen LogP contribution in [0.25, 0.3) is 11.2 Å². The molecule has 0 aromatic carbocycles. The zero-order chi connectivity index (χ0) is 17.4. The van der Waals surface area contributed by atoms with Crippen LogP contribution in [0.5, 0.6) is 0 Å². The zero-order valence-electron chi connectivity index (χ0n) is 14.0. The molecule has 0 aliphatic carbocycles. The molecule has 1 aliphatic rings. The van der Waals surface area contributed by atoms with Gasteiger partial charge in [-0.05, 0) is 24.3 Å². The number of hydrogen-bond acceptors (Lipinski definition) is 5. The molecule has 1 fully saturated rings. The smallest absolute Gasteiger partial charge is 0.330 e. The van der Waals surface area contributed by atoms with Crippen LogP contribution in [-0.2, 0) is 18.3 Å². The molecule has 1 atom stereocenters. The van der Waals surface area contributed by atoms with Gasteiger partial charge in [-0.15, -0.1) is 11.3 Å². The van der Waals surface area contributed by atoms with Crippen LogP contribution < -0.4 is 5.69 Å². The molecule has 25 heavy (non-hydrogen) atoms. The fourth-order valence-electron chi connectivity index (χ4n) is 3.49. The summed E-state index contributed by atoms with van der Waals surface area (Å²) in [7, 11) is 1.73. The summed E-state index contributed by atoms with van der Waals surface area (Å²) in [5, 5.41) is 1.98. The lowest BCUT2D eigenvalue weighted by Crippen LogP contribution is -2.43. The maximum absolute atomic E-state index is 12.7. The summed E-state index contributed by atoms with van der Waals surface area (Å²) in [6.45, 7) is 1.29. The van der Waals surface area contributed by atoms with Gasteiger partial charge in [-0.3, -0.25) is 13.9 Å². The van der Waals surface area contributed by atoms with Crippen molar-refractivity contribution in [2.45, 2.75) is 25.3 Å². The van der Waals surface area contributed by atoms with E-state index in [1.807, 2.05) is 22.4 Å². The third-order valence-electron chi connectivity index (χ3n) is 4.78. The van der Waals surface area contributed by atoms with E-state index in [1.54, 1.807) is 33.7 Å². The Labute approximate surface area is 148 Å². The Morgan fingerprint density at radius 2 is 2.32 bits per heavy atom. The molecule has 0 bridgehead atoms. The number of carbonyl (C=O) groups excluding carboxylic acids is 1. The largest absolute Gasteiger partial charge is 0.340 e. The zero-order valence-corrected chi connectivity index (χ0v) is 14.8. The second-order valence-corrected chi connectivity index (χ2v) is 7.37. The van der Waals surface area contributed by atoms with Crippen LogP contribution in [0.3, 0.4) is 0 Å². The van der Waals surface area contributed by atoms with Crippen LogP contribution >= 0.6 is 11.3 Å². The second kappa shape index (κ2) is 6.44. The molecule has 4 heterocycles. The van der Waals surface area contributed by atoms with Crippen molar-refractivity contribution in [1.29, 1.82) is 0 Å². The molecule has 0 spiro atoms. The van der Waals surface area contributed by atoms with Crippen molar-refractivity contribution in [2.75, 3.05) is 13.1 Å². The maximum atomic E-state index is 12.7. The minimum atomic E-state index is -0.104. The quantitative estimate of drug-likeness (QED) is 0.714. The number of piperidine rings is 1. The highest BCUT2D eigenvalue weighted by molar-refractivity contribution is 7.10. The van der Waals surface area contributed by atoms with Crippen molar-refractivity contribution in [3.8, 4) is 0 Å². The number of carbonyl (C=O) groups is 1. The molecule has 0 saturated carbocycles. The van der Waals surface area contributed by atoms with Crippen molar-refractivity contribution in [3.05, 3.63) is 45.4 Å². The van der Waals surface area contributed by atoms with E-state index in [0.29, 0.717) is 18.6 Å². The number of imidazole rings is 1. The van der Waals surface area contributed by atoms with Crippen LogP contribution in [0.1, 0.15) is 23.8 Å². The third-order valence-corrected chi connectivity index (χ3v) is 5.65. The highest BCUT2D eigenvalue weighted by Gasteiger charge is 2.28. The van der Waals surface area contributed by atoms with E-state index in [2.05, 4.69) is 9.97 Å². The Kier molecular flexibility index (Phi) is 4.12. The van der Waals surface area contributed by atoms with Gasteiger partial charge in [0.05, 0.1) is 18.7 Å². The third kappa shape index (κ3) is 2.86. The first-order valence-corrected chi connectivity index (χ1v) is 9.20. The van der Waals surface area contributed by atoms with Crippen LogP contribution in [0, 0.1) is 0 Å². The molecule has 3 aromatic rings. The number of aryl methyl sites for hydroxylation is 1. The topological polar surface area (TPSA) is 73.0 Å². The number of hydrogen-bond donors (Lipinski definition) is 0. The van der Waals surface area contributed by atoms with Gasteiger partial charge in [0.2, 0.25) is 5.91 Å². The van der Waals surface area contributed by atoms with Crippen LogP contribution in [0.2, 0.25) is 0 Å². The molecular formula is C17H19N5O2S. The van der Waals surface area contributed by atoms with Gasteiger partial charge in [0, 0.05) is 25.0 Å². The van der Waals surface area contributed by atoms with Crippen molar-refractivity contribution < 1.29 is 4.79 Å². The number of thiophene rings is 1. The maximum Gasteiger partial charge on any atom is 0.330 e. The Balaban J connectivity index is 1.61. The van der Waals surface area contributed by atoms with E-state index in [0.717, 1.165) is 29.8 Å². The molecule has 130 valence electrons. The van der Waals surface area contributed by atoms with E-state index in [-0.39, 0.29) is 17.6 Å². The molecule has 7 nitrogen and oxygen atoms in total. The predicted molar refractivity (Wildman–Crippen MR) is 95.6 cm³/mol. The summed E-state index contributed by atoms with van der Waals surface area (Å²) in [4.78, 5) is 36.5. The number of amides is 1. The van der Waals surface area contributed by atoms with Crippen molar-refractivity contribution >= 4 is 28.4 Å². The van der Waals surface area contributed by atoms with E-state index in [9.17, 15) is 9.59 Å². The van der Waals surface area contributed by atoms with Gasteiger partial charge >= 0.3 is 5.69 Å². The van der Waals surface area contributed by atoms with Gasteiger partial charge in [0.1, 0.15) is 11.8 Å². The fourth-order valence-corrected chi connectivity index (χ4v) is 4.18. The van der Waals surface area contributed by atoms with Crippen LogP contribution in [-0.4, -0.2) is 43.0 Å². The second-order valence-electron chi connectivity index (χ2n) is 6.34. The van der Waals surface area contributed by atoms with Crippen molar-refractivity contribution in [3.63, 3.8) is 0 Å². The summed E-state index contributed by atoms with van der Waals surface area (Å²) < 4.78 is 3.29. The van der Waals surface area contributed by atoms with Crippen LogP contribution in [0.15, 0.2) is 34.8 Å². The molecular weight excluding hydrogens is 338 g/mol. The molecule has 0 unspecified atom stereocenters. The molecule has 4 rings (SSSR count). The first kappa shape index (κ1) is 16.0. The first-order chi connectivity index (χ1) is 12.1. The van der Waals surface area contributed by atoms with E-state index >= 15 is 0 Å². The van der Waals surface area contributed by atoms with E-state index in [4.69, 9.17) is 0 Å². The molecule has 3 aromatic heterocycles. The molecule has 1 saturated heterocycles. The van der Waals surface area contributed by atoms with Gasteiger partial charge in [-0.2, -0.15) is 0 Å². The summed E-state index contributed by atoms with van der Waals surface area (Å²) in [5.41, 5.74) is 1.25. The fraction of sp³-hybridized carbons (Fsp3) is 0.412. The van der Waals surface area contributed by atoms with E-state index in [1.165, 1.54) is 6.33 Å². The SMILES string of the molecule is Cn1c(=O)n([C@H]2CCCN(C(=O)Cc3cccs3)C2)c2ncncc21. The van der Waals surface area contributed by atoms with Gasteiger partial charge in [0.25, 0.3) is 0 Å². The molecule has 0 N–H and O–H groups in total. The number of fused-ring (bicyclic) bond motifs is 1. The minimum Gasteiger partial charge on any atom is -0.340 e. The standard InChI is InChI=1S/C17H19N5O2S/c1-20-14-9-18-11-19-16(14)22(17(20)24)12-4-2-6-21(10-12)15(23)8-13-5-3-7-25-13/h3,5,7,9,11-12H,2,4,6,8,10H2,1H3/t12-/m0/s1. The lowest BCUT2D eigenvalue weighted by Gasteiger charge is -2.33. The van der Waals surface area contributed by atoms with Gasteiger partial charge in [0.15, 0.2) is 5.65 Å². The van der Waals surface area contributed by atoms with Crippen LogP contribution in [0.4, 0.5) is 0 Å². The Morgan fingerprint density at radius 1 is 1.44 bits per heavy atom. The van der Waals surface area contributed by atoms with Crippen molar-refractivity contribution in [2.24, 2.45) is 7.05 Å². The van der Waals surface area contributed by atoms with Gasteiger partial charge in [-0.25, -0.2) is 14.8 Å². The lowest BCUT2D eigenvalue weighted by molar-refractivity contribution is -0.132. The molecule has 8 heteroatoms. The molecule has 1 amide bonds. The summed E-state index contributed by atoms with van der Waals surface area (Å²) in [6.07, 6.45) is 5.29. The summed E-state index contributed by atoms with van der Waals surface area (Å²) >= 11 is 1.60. The Hall–Kier alpha value is -2.48. The minimum absolute atomic E-state index is 0.0489. The van der Waals surface area contributed by atoms with Gasteiger partial charge < -0.3 is 4.90 Å². The highest BCUT2D eigenvalue weighted by atomic mass is 32.1. The number of aromatic nitrogens is 4. The average molecular weight is 357 g/mol. The molecule has 0 radical (unpaired) electrons.